The number of piperidine rings is 1. The molecule has 3 atom stereocenters. The number of ether oxygens (including phenoxy) is 1. The lowest BCUT2D eigenvalue weighted by Gasteiger charge is -2.32. The van der Waals surface area contributed by atoms with E-state index in [2.05, 4.69) is 22.6 Å². The fraction of sp³-hybridized carbons (Fsp3) is 0.941. The summed E-state index contributed by atoms with van der Waals surface area (Å²) in [7, 11) is 2.20. The molecule has 3 unspecified atom stereocenters. The molecule has 1 saturated carbocycles. The van der Waals surface area contributed by atoms with E-state index in [-0.39, 0.29) is 12.1 Å². The molecular formula is C17H33N3O2. The fourth-order valence-electron chi connectivity index (χ4n) is 3.59. The maximum Gasteiger partial charge on any atom is 0.407 e. The second-order valence-corrected chi connectivity index (χ2v) is 7.97. The van der Waals surface area contributed by atoms with Crippen LogP contribution in [-0.2, 0) is 4.74 Å². The molecule has 2 rings (SSSR count). The van der Waals surface area contributed by atoms with Gasteiger partial charge in [0.1, 0.15) is 5.60 Å². The van der Waals surface area contributed by atoms with E-state index in [1.54, 1.807) is 0 Å². The van der Waals surface area contributed by atoms with E-state index >= 15 is 0 Å². The van der Waals surface area contributed by atoms with Gasteiger partial charge in [0.25, 0.3) is 0 Å². The molecule has 1 amide bonds. The van der Waals surface area contributed by atoms with Crippen molar-refractivity contribution in [3.63, 3.8) is 0 Å². The molecule has 2 aliphatic rings. The van der Waals surface area contributed by atoms with Gasteiger partial charge in [-0.3, -0.25) is 0 Å². The van der Waals surface area contributed by atoms with E-state index < -0.39 is 5.60 Å². The largest absolute Gasteiger partial charge is 0.444 e. The minimum atomic E-state index is -0.432. The normalized spacial score (nSPS) is 30.3. The molecule has 2 fully saturated rings. The van der Waals surface area contributed by atoms with Gasteiger partial charge in [0.15, 0.2) is 0 Å². The number of likely N-dealkylation sites (tertiary alicyclic amines) is 1. The second-order valence-electron chi connectivity index (χ2n) is 7.97. The predicted octanol–water partition coefficient (Wildman–Crippen LogP) is 2.36. The average Bonchev–Trinajstić information content (AvgIpc) is 2.81. The topological polar surface area (TPSA) is 53.6 Å². The van der Waals surface area contributed by atoms with Gasteiger partial charge in [-0.2, -0.15) is 0 Å². The summed E-state index contributed by atoms with van der Waals surface area (Å²) in [5.74, 6) is 0.738. The van der Waals surface area contributed by atoms with Crippen molar-refractivity contribution >= 4 is 6.09 Å². The number of nitrogens with one attached hydrogen (secondary N) is 2. The standard InChI is InChI=1S/C17H33N3O2/c1-17(2,3)22-16(21)19-15-9-5-8-14(15)18-11-13-7-6-10-20(4)12-13/h13-15,18H,5-12H2,1-4H3,(H,19,21). The van der Waals surface area contributed by atoms with Crippen molar-refractivity contribution in [3.8, 4) is 0 Å². The molecule has 0 aromatic heterocycles. The first kappa shape index (κ1) is 17.5. The van der Waals surface area contributed by atoms with Crippen molar-refractivity contribution in [1.82, 2.24) is 15.5 Å². The maximum atomic E-state index is 11.9. The Labute approximate surface area is 135 Å². The van der Waals surface area contributed by atoms with Crippen molar-refractivity contribution in [3.05, 3.63) is 0 Å². The summed E-state index contributed by atoms with van der Waals surface area (Å²) in [5.41, 5.74) is -0.432. The Bertz CT molecular complexity index is 367. The van der Waals surface area contributed by atoms with Crippen LogP contribution in [0.2, 0.25) is 0 Å². The third-order valence-corrected chi connectivity index (χ3v) is 4.61. The van der Waals surface area contributed by atoms with Gasteiger partial charge in [0.2, 0.25) is 0 Å². The van der Waals surface area contributed by atoms with Gasteiger partial charge >= 0.3 is 6.09 Å². The van der Waals surface area contributed by atoms with Gasteiger partial charge in [0.05, 0.1) is 0 Å². The van der Waals surface area contributed by atoms with Crippen LogP contribution in [0.1, 0.15) is 52.9 Å². The Morgan fingerprint density at radius 3 is 2.59 bits per heavy atom. The van der Waals surface area contributed by atoms with Crippen LogP contribution in [0.4, 0.5) is 4.79 Å². The number of alkyl carbamates (subject to hydrolysis) is 1. The minimum Gasteiger partial charge on any atom is -0.444 e. The molecule has 1 aliphatic heterocycles. The second kappa shape index (κ2) is 7.64. The molecule has 128 valence electrons. The number of rotatable bonds is 4. The zero-order valence-electron chi connectivity index (χ0n) is 14.7. The molecule has 1 heterocycles. The quantitative estimate of drug-likeness (QED) is 0.837. The lowest BCUT2D eigenvalue weighted by Crippen LogP contribution is -2.50. The number of amides is 1. The van der Waals surface area contributed by atoms with Crippen LogP contribution in [0.25, 0.3) is 0 Å². The fourth-order valence-corrected chi connectivity index (χ4v) is 3.59. The Balaban J connectivity index is 1.74. The third-order valence-electron chi connectivity index (χ3n) is 4.61. The van der Waals surface area contributed by atoms with Crippen molar-refractivity contribution in [2.24, 2.45) is 5.92 Å². The molecule has 0 bridgehead atoms. The molecule has 1 aliphatic carbocycles. The van der Waals surface area contributed by atoms with Crippen molar-refractivity contribution in [2.45, 2.75) is 70.6 Å². The van der Waals surface area contributed by atoms with E-state index in [9.17, 15) is 4.79 Å². The summed E-state index contributed by atoms with van der Waals surface area (Å²) < 4.78 is 5.37. The molecule has 0 spiro atoms. The van der Waals surface area contributed by atoms with Gasteiger partial charge < -0.3 is 20.3 Å². The Hall–Kier alpha value is -0.810. The maximum absolute atomic E-state index is 11.9. The predicted molar refractivity (Wildman–Crippen MR) is 89.0 cm³/mol. The molecule has 0 radical (unpaired) electrons. The van der Waals surface area contributed by atoms with Crippen LogP contribution < -0.4 is 10.6 Å². The SMILES string of the molecule is CN1CCCC(CNC2CCCC2NC(=O)OC(C)(C)C)C1. The molecule has 0 aromatic rings. The van der Waals surface area contributed by atoms with E-state index in [1.807, 2.05) is 20.8 Å². The van der Waals surface area contributed by atoms with Gasteiger partial charge in [-0.15, -0.1) is 0 Å². The Kier molecular flexibility index (Phi) is 6.09. The first-order valence-corrected chi connectivity index (χ1v) is 8.75. The molecule has 5 heteroatoms. The zero-order chi connectivity index (χ0) is 16.2. The van der Waals surface area contributed by atoms with Crippen LogP contribution in [0, 0.1) is 5.92 Å². The highest BCUT2D eigenvalue weighted by Gasteiger charge is 2.30. The highest BCUT2D eigenvalue weighted by Crippen LogP contribution is 2.21. The van der Waals surface area contributed by atoms with Gasteiger partial charge in [0, 0.05) is 18.6 Å². The molecule has 2 N–H and O–H groups in total. The Morgan fingerprint density at radius 2 is 1.91 bits per heavy atom. The lowest BCUT2D eigenvalue weighted by atomic mass is 9.98. The van der Waals surface area contributed by atoms with Gasteiger partial charge in [-0.1, -0.05) is 0 Å². The highest BCUT2D eigenvalue weighted by molar-refractivity contribution is 5.68. The van der Waals surface area contributed by atoms with Crippen molar-refractivity contribution in [2.75, 3.05) is 26.7 Å². The number of carbonyl (C=O) groups is 1. The molecular weight excluding hydrogens is 278 g/mol. The monoisotopic (exact) mass is 311 g/mol. The van der Waals surface area contributed by atoms with E-state index in [4.69, 9.17) is 4.74 Å². The number of hydrogen-bond acceptors (Lipinski definition) is 4. The molecule has 5 nitrogen and oxygen atoms in total. The van der Waals surface area contributed by atoms with Crippen LogP contribution in [-0.4, -0.2) is 55.4 Å². The van der Waals surface area contributed by atoms with E-state index in [0.29, 0.717) is 6.04 Å². The van der Waals surface area contributed by atoms with Crippen LogP contribution in [0.5, 0.6) is 0 Å². The summed E-state index contributed by atoms with van der Waals surface area (Å²) in [6.45, 7) is 9.16. The summed E-state index contributed by atoms with van der Waals surface area (Å²) >= 11 is 0. The van der Waals surface area contributed by atoms with E-state index in [1.165, 1.54) is 32.4 Å². The average molecular weight is 311 g/mol. The zero-order valence-corrected chi connectivity index (χ0v) is 14.7. The molecule has 22 heavy (non-hydrogen) atoms. The lowest BCUT2D eigenvalue weighted by molar-refractivity contribution is 0.0497. The minimum absolute atomic E-state index is 0.205. The summed E-state index contributed by atoms with van der Waals surface area (Å²) in [6, 6.07) is 0.593. The summed E-state index contributed by atoms with van der Waals surface area (Å²) in [6.07, 6.45) is 5.68. The number of nitrogens with zero attached hydrogens (tertiary/aromatic N) is 1. The first-order chi connectivity index (χ1) is 10.3. The van der Waals surface area contributed by atoms with Gasteiger partial charge in [-0.25, -0.2) is 4.79 Å². The Morgan fingerprint density at radius 1 is 1.18 bits per heavy atom. The van der Waals surface area contributed by atoms with E-state index in [0.717, 1.165) is 25.3 Å². The number of hydrogen-bond donors (Lipinski definition) is 2. The first-order valence-electron chi connectivity index (χ1n) is 8.75. The van der Waals surface area contributed by atoms with Gasteiger partial charge in [-0.05, 0) is 78.9 Å². The van der Waals surface area contributed by atoms with Crippen LogP contribution >= 0.6 is 0 Å². The van der Waals surface area contributed by atoms with Crippen molar-refractivity contribution in [1.29, 1.82) is 0 Å². The molecule has 1 saturated heterocycles. The third kappa shape index (κ3) is 5.76. The van der Waals surface area contributed by atoms with Crippen LogP contribution in [0.3, 0.4) is 0 Å². The smallest absolute Gasteiger partial charge is 0.407 e. The summed E-state index contributed by atoms with van der Waals surface area (Å²) in [5, 5.41) is 6.74. The number of carbonyl (C=O) groups excluding carboxylic acids is 1. The van der Waals surface area contributed by atoms with Crippen LogP contribution in [0.15, 0.2) is 0 Å². The summed E-state index contributed by atoms with van der Waals surface area (Å²) in [4.78, 5) is 14.4. The molecule has 0 aromatic carbocycles. The van der Waals surface area contributed by atoms with Crippen molar-refractivity contribution < 1.29 is 9.53 Å². The highest BCUT2D eigenvalue weighted by atomic mass is 16.6.